The summed E-state index contributed by atoms with van der Waals surface area (Å²) in [7, 11) is 0. The molecule has 1 aliphatic heterocycles. The normalized spacial score (nSPS) is 16.7. The first-order valence-electron chi connectivity index (χ1n) is 9.35. The van der Waals surface area contributed by atoms with E-state index in [1.807, 2.05) is 4.90 Å². The van der Waals surface area contributed by atoms with Crippen LogP contribution < -0.4 is 15.0 Å². The maximum absolute atomic E-state index is 13.1. The molecule has 2 aromatic rings. The van der Waals surface area contributed by atoms with E-state index in [2.05, 4.69) is 20.4 Å². The van der Waals surface area contributed by atoms with Gasteiger partial charge < -0.3 is 19.5 Å². The van der Waals surface area contributed by atoms with E-state index in [9.17, 15) is 9.59 Å². The lowest BCUT2D eigenvalue weighted by Gasteiger charge is -2.33. The Kier molecular flexibility index (Phi) is 4.52. The second-order valence-corrected chi connectivity index (χ2v) is 7.88. The molecule has 1 aliphatic carbocycles. The van der Waals surface area contributed by atoms with E-state index in [1.165, 1.54) is 12.8 Å². The first-order chi connectivity index (χ1) is 13.3. The highest BCUT2D eigenvalue weighted by Gasteiger charge is 2.33. The minimum absolute atomic E-state index is 0.128. The fourth-order valence-corrected chi connectivity index (χ4v) is 2.93. The van der Waals surface area contributed by atoms with E-state index < -0.39 is 11.4 Å². The molecule has 2 aliphatic rings. The van der Waals surface area contributed by atoms with Crippen LogP contribution in [0, 0.1) is 12.8 Å². The lowest BCUT2D eigenvalue weighted by atomic mass is 10.0. The van der Waals surface area contributed by atoms with E-state index >= 15 is 0 Å². The van der Waals surface area contributed by atoms with Crippen LogP contribution in [0.4, 0.5) is 5.69 Å². The number of aromatic nitrogens is 3. The quantitative estimate of drug-likeness (QED) is 0.765. The number of carbonyl (C=O) groups is 2. The van der Waals surface area contributed by atoms with Gasteiger partial charge in [-0.2, -0.15) is 4.98 Å². The van der Waals surface area contributed by atoms with Crippen molar-refractivity contribution in [3.8, 4) is 5.88 Å². The highest BCUT2D eigenvalue weighted by molar-refractivity contribution is 6.02. The molecule has 4 rings (SSSR count). The number of hydrogen-bond acceptors (Lipinski definition) is 8. The van der Waals surface area contributed by atoms with Crippen molar-refractivity contribution in [2.45, 2.75) is 39.2 Å². The van der Waals surface area contributed by atoms with Crippen LogP contribution in [-0.2, 0) is 10.3 Å². The number of Topliss-reactive ketones (excluding diaryl/α,β-unsaturated/α-hetero) is 1. The molecule has 0 radical (unpaired) electrons. The van der Waals surface area contributed by atoms with Crippen LogP contribution in [0.1, 0.15) is 48.9 Å². The Morgan fingerprint density at radius 3 is 2.68 bits per heavy atom. The summed E-state index contributed by atoms with van der Waals surface area (Å²) in [6.45, 7) is 6.42. The van der Waals surface area contributed by atoms with E-state index in [-0.39, 0.29) is 24.6 Å². The third-order valence-electron chi connectivity index (χ3n) is 4.82. The maximum Gasteiger partial charge on any atom is 0.272 e. The zero-order valence-electron chi connectivity index (χ0n) is 16.2. The van der Waals surface area contributed by atoms with Gasteiger partial charge in [0.15, 0.2) is 17.3 Å². The molecule has 1 saturated carbocycles. The number of hydrogen-bond donors (Lipinski definition) is 1. The Bertz CT molecular complexity index is 911. The SMILES string of the molecule is Cc1nc(C(C)(C)NC(=O)c2nc(OCC3CC3)ccc2N2CC(=O)C2)no1. The van der Waals surface area contributed by atoms with Gasteiger partial charge in [0.2, 0.25) is 11.8 Å². The third-order valence-corrected chi connectivity index (χ3v) is 4.82. The van der Waals surface area contributed by atoms with Gasteiger partial charge in [-0.15, -0.1) is 0 Å². The summed E-state index contributed by atoms with van der Waals surface area (Å²) in [5, 5.41) is 6.81. The molecule has 0 aromatic carbocycles. The molecule has 0 bridgehead atoms. The molecule has 9 nitrogen and oxygen atoms in total. The number of amides is 1. The first-order valence-corrected chi connectivity index (χ1v) is 9.35. The maximum atomic E-state index is 13.1. The monoisotopic (exact) mass is 385 g/mol. The predicted octanol–water partition coefficient (Wildman–Crippen LogP) is 1.62. The van der Waals surface area contributed by atoms with Crippen molar-refractivity contribution in [1.82, 2.24) is 20.4 Å². The van der Waals surface area contributed by atoms with Gasteiger partial charge in [0, 0.05) is 13.0 Å². The number of nitrogens with one attached hydrogen (secondary N) is 1. The summed E-state index contributed by atoms with van der Waals surface area (Å²) in [4.78, 5) is 34.9. The Hall–Kier alpha value is -2.97. The van der Waals surface area contributed by atoms with Crippen LogP contribution in [0.25, 0.3) is 0 Å². The zero-order chi connectivity index (χ0) is 19.9. The highest BCUT2D eigenvalue weighted by atomic mass is 16.5. The third kappa shape index (κ3) is 3.83. The average molecular weight is 385 g/mol. The molecule has 1 N–H and O–H groups in total. The van der Waals surface area contributed by atoms with Crippen molar-refractivity contribution in [1.29, 1.82) is 0 Å². The summed E-state index contributed by atoms with van der Waals surface area (Å²) < 4.78 is 10.8. The smallest absolute Gasteiger partial charge is 0.272 e. The van der Waals surface area contributed by atoms with E-state index in [0.717, 1.165) is 0 Å². The molecular weight excluding hydrogens is 362 g/mol. The molecule has 0 unspecified atom stereocenters. The topological polar surface area (TPSA) is 110 Å². The van der Waals surface area contributed by atoms with Crippen LogP contribution in [0.5, 0.6) is 5.88 Å². The number of ketones is 1. The van der Waals surface area contributed by atoms with Crippen molar-refractivity contribution in [2.24, 2.45) is 5.92 Å². The number of ether oxygens (including phenoxy) is 1. The van der Waals surface area contributed by atoms with Gasteiger partial charge in [0.05, 0.1) is 30.9 Å². The predicted molar refractivity (Wildman–Crippen MR) is 99.2 cm³/mol. The molecule has 3 heterocycles. The summed E-state index contributed by atoms with van der Waals surface area (Å²) in [6.07, 6.45) is 2.33. The molecule has 0 atom stereocenters. The number of aryl methyl sites for hydroxylation is 1. The van der Waals surface area contributed by atoms with Crippen molar-refractivity contribution in [3.63, 3.8) is 0 Å². The summed E-state index contributed by atoms with van der Waals surface area (Å²) in [5.41, 5.74) is -0.0336. The van der Waals surface area contributed by atoms with E-state index in [4.69, 9.17) is 9.26 Å². The summed E-state index contributed by atoms with van der Waals surface area (Å²) >= 11 is 0. The zero-order valence-corrected chi connectivity index (χ0v) is 16.2. The molecule has 1 saturated heterocycles. The Balaban J connectivity index is 1.57. The van der Waals surface area contributed by atoms with Crippen LogP contribution in [0.15, 0.2) is 16.7 Å². The minimum Gasteiger partial charge on any atom is -0.477 e. The van der Waals surface area contributed by atoms with Gasteiger partial charge in [-0.05, 0) is 38.7 Å². The second-order valence-electron chi connectivity index (χ2n) is 7.88. The molecule has 1 amide bonds. The van der Waals surface area contributed by atoms with Gasteiger partial charge >= 0.3 is 0 Å². The van der Waals surface area contributed by atoms with Crippen molar-refractivity contribution < 1.29 is 18.8 Å². The highest BCUT2D eigenvalue weighted by Crippen LogP contribution is 2.31. The Morgan fingerprint density at radius 1 is 1.32 bits per heavy atom. The average Bonchev–Trinajstić information content (AvgIpc) is 3.35. The van der Waals surface area contributed by atoms with Crippen molar-refractivity contribution in [2.75, 3.05) is 24.6 Å². The summed E-state index contributed by atoms with van der Waals surface area (Å²) in [6, 6.07) is 3.52. The standard InChI is InChI=1S/C19H23N5O4/c1-11-20-18(23-28-11)19(2,3)22-17(26)16-14(24-8-13(25)9-24)6-7-15(21-16)27-10-12-4-5-12/h6-7,12H,4-5,8-10H2,1-3H3,(H,22,26). The molecule has 2 fully saturated rings. The number of carbonyl (C=O) groups excluding carboxylic acids is 2. The molecule has 28 heavy (non-hydrogen) atoms. The molecular formula is C19H23N5O4. The first kappa shape index (κ1) is 18.4. The van der Waals surface area contributed by atoms with Crippen molar-refractivity contribution >= 4 is 17.4 Å². The fourth-order valence-electron chi connectivity index (χ4n) is 2.93. The number of pyridine rings is 1. The van der Waals surface area contributed by atoms with Crippen LogP contribution in [0.3, 0.4) is 0 Å². The Labute approximate surface area is 162 Å². The molecule has 148 valence electrons. The number of nitrogens with zero attached hydrogens (tertiary/aromatic N) is 4. The number of rotatable bonds is 7. The lowest BCUT2D eigenvalue weighted by Crippen LogP contribution is -2.49. The summed E-state index contributed by atoms with van der Waals surface area (Å²) in [5.74, 6) is 1.51. The largest absolute Gasteiger partial charge is 0.477 e. The number of anilines is 1. The Morgan fingerprint density at radius 2 is 2.07 bits per heavy atom. The van der Waals surface area contributed by atoms with Crippen LogP contribution >= 0.6 is 0 Å². The van der Waals surface area contributed by atoms with Crippen molar-refractivity contribution in [3.05, 3.63) is 29.5 Å². The van der Waals surface area contributed by atoms with E-state index in [1.54, 1.807) is 32.9 Å². The fraction of sp³-hybridized carbons (Fsp3) is 0.526. The van der Waals surface area contributed by atoms with Gasteiger partial charge in [-0.3, -0.25) is 9.59 Å². The molecule has 9 heteroatoms. The van der Waals surface area contributed by atoms with Gasteiger partial charge in [-0.25, -0.2) is 4.98 Å². The minimum atomic E-state index is -0.858. The van der Waals surface area contributed by atoms with Crippen LogP contribution in [-0.4, -0.2) is 46.5 Å². The molecule has 0 spiro atoms. The van der Waals surface area contributed by atoms with Gasteiger partial charge in [0.25, 0.3) is 5.91 Å². The van der Waals surface area contributed by atoms with Gasteiger partial charge in [-0.1, -0.05) is 5.16 Å². The molecule has 2 aromatic heterocycles. The van der Waals surface area contributed by atoms with Gasteiger partial charge in [0.1, 0.15) is 0 Å². The second kappa shape index (κ2) is 6.88. The van der Waals surface area contributed by atoms with E-state index in [0.29, 0.717) is 35.8 Å². The van der Waals surface area contributed by atoms with Crippen LogP contribution in [0.2, 0.25) is 0 Å². The lowest BCUT2D eigenvalue weighted by molar-refractivity contribution is -0.119.